The van der Waals surface area contributed by atoms with Crippen molar-refractivity contribution in [2.24, 2.45) is 5.73 Å². The molecule has 1 aromatic heterocycles. The van der Waals surface area contributed by atoms with Crippen LogP contribution in [0, 0.1) is 0 Å². The average molecular weight is 338 g/mol. The molecule has 3 rings (SSSR count). The molecule has 0 bridgehead atoms. The number of aromatic nitrogens is 1. The van der Waals surface area contributed by atoms with Crippen molar-refractivity contribution in [1.82, 2.24) is 15.6 Å². The Morgan fingerprint density at radius 1 is 1.12 bits per heavy atom. The van der Waals surface area contributed by atoms with Gasteiger partial charge in [-0.1, -0.05) is 36.4 Å². The van der Waals surface area contributed by atoms with Crippen LogP contribution in [0.15, 0.2) is 54.7 Å². The summed E-state index contributed by atoms with van der Waals surface area (Å²) < 4.78 is 0. The Balaban J connectivity index is 1.62. The molecule has 2 amide bonds. The third kappa shape index (κ3) is 4.64. The van der Waals surface area contributed by atoms with E-state index >= 15 is 0 Å². The molecule has 2 aromatic rings. The van der Waals surface area contributed by atoms with Gasteiger partial charge in [0.15, 0.2) is 0 Å². The van der Waals surface area contributed by atoms with Gasteiger partial charge < -0.3 is 16.4 Å². The van der Waals surface area contributed by atoms with Crippen LogP contribution in [0.3, 0.4) is 0 Å². The summed E-state index contributed by atoms with van der Waals surface area (Å²) in [7, 11) is 0. The molecule has 6 heteroatoms. The Morgan fingerprint density at radius 2 is 1.84 bits per heavy atom. The molecule has 1 fully saturated rings. The van der Waals surface area contributed by atoms with Gasteiger partial charge in [-0.2, -0.15) is 0 Å². The van der Waals surface area contributed by atoms with Gasteiger partial charge in [0.2, 0.25) is 11.8 Å². The smallest absolute Gasteiger partial charge is 0.240 e. The van der Waals surface area contributed by atoms with Gasteiger partial charge in [-0.05, 0) is 30.5 Å². The Labute approximate surface area is 146 Å². The first kappa shape index (κ1) is 17.1. The summed E-state index contributed by atoms with van der Waals surface area (Å²) in [5.41, 5.74) is 6.93. The van der Waals surface area contributed by atoms with Gasteiger partial charge in [-0.25, -0.2) is 0 Å². The standard InChI is InChI=1S/C19H22N4O2/c20-19(9-10-19)18(25)22-13-17(24)23-16(14-6-2-1-3-7-14)12-15-8-4-5-11-21-15/h1-8,11,16H,9-10,12-13,20H2,(H,22,25)(H,23,24). The third-order valence-electron chi connectivity index (χ3n) is 4.33. The molecule has 0 saturated heterocycles. The van der Waals surface area contributed by atoms with Crippen LogP contribution >= 0.6 is 0 Å². The quantitative estimate of drug-likeness (QED) is 0.704. The number of nitrogens with two attached hydrogens (primary N) is 1. The molecule has 1 unspecified atom stereocenters. The van der Waals surface area contributed by atoms with Crippen molar-refractivity contribution in [3.8, 4) is 0 Å². The van der Waals surface area contributed by atoms with Crippen molar-refractivity contribution in [2.75, 3.05) is 6.54 Å². The summed E-state index contributed by atoms with van der Waals surface area (Å²) in [4.78, 5) is 28.5. The average Bonchev–Trinajstić information content (AvgIpc) is 3.39. The molecule has 1 aliphatic carbocycles. The Hall–Kier alpha value is -2.73. The molecule has 0 aliphatic heterocycles. The summed E-state index contributed by atoms with van der Waals surface area (Å²) in [6.45, 7) is -0.0800. The van der Waals surface area contributed by atoms with Crippen LogP contribution in [-0.2, 0) is 16.0 Å². The number of amides is 2. The fourth-order valence-electron chi connectivity index (χ4n) is 2.61. The molecule has 1 aliphatic rings. The number of rotatable bonds is 7. The fourth-order valence-corrected chi connectivity index (χ4v) is 2.61. The number of carbonyl (C=O) groups is 2. The number of nitrogens with zero attached hydrogens (tertiary/aromatic N) is 1. The molecule has 1 aromatic carbocycles. The summed E-state index contributed by atoms with van der Waals surface area (Å²) in [6.07, 6.45) is 3.65. The second kappa shape index (κ2) is 7.44. The minimum Gasteiger partial charge on any atom is -0.347 e. The zero-order valence-electron chi connectivity index (χ0n) is 13.9. The van der Waals surface area contributed by atoms with Crippen LogP contribution in [0.4, 0.5) is 0 Å². The molecule has 0 spiro atoms. The number of hydrogen-bond donors (Lipinski definition) is 3. The minimum absolute atomic E-state index is 0.0800. The lowest BCUT2D eigenvalue weighted by Crippen LogP contribution is -2.47. The monoisotopic (exact) mass is 338 g/mol. The number of nitrogens with one attached hydrogen (secondary N) is 2. The second-order valence-electron chi connectivity index (χ2n) is 6.39. The summed E-state index contributed by atoms with van der Waals surface area (Å²) in [5.74, 6) is -0.508. The summed E-state index contributed by atoms with van der Waals surface area (Å²) in [5, 5.41) is 5.59. The predicted octanol–water partition coefficient (Wildman–Crippen LogP) is 1.09. The zero-order valence-corrected chi connectivity index (χ0v) is 13.9. The van der Waals surface area contributed by atoms with E-state index in [1.807, 2.05) is 48.5 Å². The van der Waals surface area contributed by atoms with Gasteiger partial charge in [0.1, 0.15) is 0 Å². The van der Waals surface area contributed by atoms with E-state index < -0.39 is 5.54 Å². The molecule has 1 atom stereocenters. The van der Waals surface area contributed by atoms with Crippen molar-refractivity contribution in [3.05, 3.63) is 66.0 Å². The van der Waals surface area contributed by atoms with Crippen molar-refractivity contribution < 1.29 is 9.59 Å². The highest BCUT2D eigenvalue weighted by Crippen LogP contribution is 2.31. The topological polar surface area (TPSA) is 97.1 Å². The molecule has 0 radical (unpaired) electrons. The maximum atomic E-state index is 12.3. The maximum Gasteiger partial charge on any atom is 0.240 e. The van der Waals surface area contributed by atoms with E-state index in [-0.39, 0.29) is 24.4 Å². The van der Waals surface area contributed by atoms with Gasteiger partial charge >= 0.3 is 0 Å². The maximum absolute atomic E-state index is 12.3. The largest absolute Gasteiger partial charge is 0.347 e. The first-order valence-corrected chi connectivity index (χ1v) is 8.38. The first-order chi connectivity index (χ1) is 12.1. The molecular weight excluding hydrogens is 316 g/mol. The molecule has 130 valence electrons. The molecular formula is C19H22N4O2. The lowest BCUT2D eigenvalue weighted by Gasteiger charge is -2.19. The van der Waals surface area contributed by atoms with Gasteiger partial charge in [-0.3, -0.25) is 14.6 Å². The highest BCUT2D eigenvalue weighted by atomic mass is 16.2. The van der Waals surface area contributed by atoms with Crippen LogP contribution < -0.4 is 16.4 Å². The predicted molar refractivity (Wildman–Crippen MR) is 94.4 cm³/mol. The highest BCUT2D eigenvalue weighted by molar-refractivity contribution is 5.92. The summed E-state index contributed by atoms with van der Waals surface area (Å²) in [6, 6.07) is 15.2. The fraction of sp³-hybridized carbons (Fsp3) is 0.316. The van der Waals surface area contributed by atoms with Crippen LogP contribution in [0.5, 0.6) is 0 Å². The van der Waals surface area contributed by atoms with Gasteiger partial charge in [0.25, 0.3) is 0 Å². The molecule has 1 saturated carbocycles. The van der Waals surface area contributed by atoms with Crippen molar-refractivity contribution in [2.45, 2.75) is 30.8 Å². The third-order valence-corrected chi connectivity index (χ3v) is 4.33. The van der Waals surface area contributed by atoms with Crippen molar-refractivity contribution in [1.29, 1.82) is 0 Å². The van der Waals surface area contributed by atoms with Crippen molar-refractivity contribution in [3.63, 3.8) is 0 Å². The molecule has 25 heavy (non-hydrogen) atoms. The normalized spacial score (nSPS) is 15.9. The Morgan fingerprint density at radius 3 is 2.48 bits per heavy atom. The van der Waals surface area contributed by atoms with Crippen LogP contribution in [-0.4, -0.2) is 28.9 Å². The van der Waals surface area contributed by atoms with Gasteiger partial charge in [0, 0.05) is 18.3 Å². The zero-order chi connectivity index (χ0) is 17.7. The summed E-state index contributed by atoms with van der Waals surface area (Å²) >= 11 is 0. The van der Waals surface area contributed by atoms with E-state index in [1.54, 1.807) is 6.20 Å². The number of pyridine rings is 1. The minimum atomic E-state index is -0.771. The van der Waals surface area contributed by atoms with E-state index in [0.717, 1.165) is 11.3 Å². The SMILES string of the molecule is NC1(C(=O)NCC(=O)NC(Cc2ccccn2)c2ccccc2)CC1. The van der Waals surface area contributed by atoms with E-state index in [0.29, 0.717) is 19.3 Å². The van der Waals surface area contributed by atoms with Gasteiger partial charge in [0.05, 0.1) is 18.1 Å². The number of hydrogen-bond acceptors (Lipinski definition) is 4. The van der Waals surface area contributed by atoms with E-state index in [1.165, 1.54) is 0 Å². The van der Waals surface area contributed by atoms with Crippen LogP contribution in [0.25, 0.3) is 0 Å². The van der Waals surface area contributed by atoms with Gasteiger partial charge in [-0.15, -0.1) is 0 Å². The lowest BCUT2D eigenvalue weighted by molar-refractivity contribution is -0.127. The van der Waals surface area contributed by atoms with Crippen LogP contribution in [0.2, 0.25) is 0 Å². The first-order valence-electron chi connectivity index (χ1n) is 8.38. The highest BCUT2D eigenvalue weighted by Gasteiger charge is 2.45. The van der Waals surface area contributed by atoms with E-state index in [9.17, 15) is 9.59 Å². The number of benzene rings is 1. The second-order valence-corrected chi connectivity index (χ2v) is 6.39. The van der Waals surface area contributed by atoms with E-state index in [2.05, 4.69) is 15.6 Å². The van der Waals surface area contributed by atoms with Crippen LogP contribution in [0.1, 0.15) is 30.1 Å². The lowest BCUT2D eigenvalue weighted by atomic mass is 10.0. The Bertz CT molecular complexity index is 730. The Kier molecular flexibility index (Phi) is 5.09. The number of carbonyl (C=O) groups excluding carboxylic acids is 2. The molecule has 6 nitrogen and oxygen atoms in total. The molecule has 4 N–H and O–H groups in total. The van der Waals surface area contributed by atoms with Crippen molar-refractivity contribution >= 4 is 11.8 Å². The molecule has 1 heterocycles. The van der Waals surface area contributed by atoms with E-state index in [4.69, 9.17) is 5.73 Å².